The Hall–Kier alpha value is -4.43. The number of aryl methyl sites for hydroxylation is 1. The van der Waals surface area contributed by atoms with Gasteiger partial charge in [-0.1, -0.05) is 41.9 Å². The number of rotatable bonds is 7. The van der Waals surface area contributed by atoms with Crippen LogP contribution in [0, 0.1) is 6.92 Å². The minimum absolute atomic E-state index is 0.0791. The minimum atomic E-state index is -0.631. The molecular weight excluding hydrogens is 482 g/mol. The lowest BCUT2D eigenvalue weighted by Gasteiger charge is -2.17. The number of carbonyl (C=O) groups excluding carboxylic acids is 4. The third-order valence-electron chi connectivity index (χ3n) is 5.41. The Labute approximate surface area is 212 Å². The highest BCUT2D eigenvalue weighted by Crippen LogP contribution is 2.32. The molecule has 2 N–H and O–H groups in total. The van der Waals surface area contributed by atoms with Crippen LogP contribution in [0.4, 0.5) is 17.1 Å². The number of imide groups is 1. The summed E-state index contributed by atoms with van der Waals surface area (Å²) in [5.41, 5.74) is 2.52. The molecule has 0 bridgehead atoms. The number of para-hydroxylation sites is 1. The Morgan fingerprint density at radius 1 is 0.889 bits per heavy atom. The van der Waals surface area contributed by atoms with E-state index in [2.05, 4.69) is 10.6 Å². The molecule has 3 aromatic carbocycles. The fraction of sp³-hybridized carbons (Fsp3) is 0.111. The van der Waals surface area contributed by atoms with Crippen LogP contribution in [0.5, 0.6) is 0 Å². The van der Waals surface area contributed by atoms with Gasteiger partial charge in [-0.2, -0.15) is 0 Å². The van der Waals surface area contributed by atoms with Crippen LogP contribution < -0.4 is 15.5 Å². The molecule has 3 amide bonds. The summed E-state index contributed by atoms with van der Waals surface area (Å²) >= 11 is 6.23. The van der Waals surface area contributed by atoms with Crippen molar-refractivity contribution < 1.29 is 23.9 Å². The minimum Gasteiger partial charge on any atom is -0.462 e. The zero-order valence-electron chi connectivity index (χ0n) is 19.5. The van der Waals surface area contributed by atoms with Crippen molar-refractivity contribution in [1.29, 1.82) is 0 Å². The number of hydrogen-bond acceptors (Lipinski definition) is 6. The SMILES string of the molecule is CCOC(=O)c1cccc(NC(=O)c2cccc(NC3=C(Cl)C(=O)N(c4ccccc4C)C3=O)c2)c1. The van der Waals surface area contributed by atoms with Crippen molar-refractivity contribution >= 4 is 52.4 Å². The van der Waals surface area contributed by atoms with Crippen molar-refractivity contribution in [2.24, 2.45) is 0 Å². The van der Waals surface area contributed by atoms with Crippen molar-refractivity contribution in [3.63, 3.8) is 0 Å². The van der Waals surface area contributed by atoms with Gasteiger partial charge in [-0.15, -0.1) is 0 Å². The van der Waals surface area contributed by atoms with E-state index in [1.807, 2.05) is 6.07 Å². The molecule has 0 aromatic heterocycles. The van der Waals surface area contributed by atoms with Crippen LogP contribution in [0.3, 0.4) is 0 Å². The van der Waals surface area contributed by atoms with E-state index in [-0.39, 0.29) is 22.9 Å². The zero-order chi connectivity index (χ0) is 25.8. The number of amides is 3. The molecule has 3 aromatic rings. The van der Waals surface area contributed by atoms with Crippen LogP contribution in [0.15, 0.2) is 83.5 Å². The van der Waals surface area contributed by atoms with E-state index in [0.717, 1.165) is 10.5 Å². The highest BCUT2D eigenvalue weighted by Gasteiger charge is 2.39. The van der Waals surface area contributed by atoms with Crippen LogP contribution in [0.1, 0.15) is 33.2 Å². The van der Waals surface area contributed by atoms with Crippen molar-refractivity contribution in [3.8, 4) is 0 Å². The molecule has 0 fully saturated rings. The van der Waals surface area contributed by atoms with Crippen LogP contribution in [0.25, 0.3) is 0 Å². The number of ether oxygens (including phenoxy) is 1. The first-order chi connectivity index (χ1) is 17.3. The summed E-state index contributed by atoms with van der Waals surface area (Å²) in [6.45, 7) is 3.75. The lowest BCUT2D eigenvalue weighted by atomic mass is 10.1. The van der Waals surface area contributed by atoms with Crippen LogP contribution in [0.2, 0.25) is 0 Å². The number of anilines is 3. The lowest BCUT2D eigenvalue weighted by Crippen LogP contribution is -2.32. The molecule has 8 nitrogen and oxygen atoms in total. The number of carbonyl (C=O) groups is 4. The summed E-state index contributed by atoms with van der Waals surface area (Å²) in [5, 5.41) is 5.37. The third kappa shape index (κ3) is 4.99. The zero-order valence-corrected chi connectivity index (χ0v) is 20.3. The molecule has 4 rings (SSSR count). The van der Waals surface area contributed by atoms with Gasteiger partial charge in [0.2, 0.25) is 0 Å². The predicted octanol–water partition coefficient (Wildman–Crippen LogP) is 4.86. The second-order valence-corrected chi connectivity index (χ2v) is 8.26. The van der Waals surface area contributed by atoms with E-state index in [4.69, 9.17) is 16.3 Å². The fourth-order valence-corrected chi connectivity index (χ4v) is 3.88. The van der Waals surface area contributed by atoms with Crippen LogP contribution in [-0.4, -0.2) is 30.3 Å². The molecule has 0 unspecified atom stereocenters. The molecule has 0 aliphatic carbocycles. The van der Waals surface area contributed by atoms with Gasteiger partial charge in [-0.25, -0.2) is 9.69 Å². The van der Waals surface area contributed by atoms with E-state index in [9.17, 15) is 19.2 Å². The van der Waals surface area contributed by atoms with Gasteiger partial charge in [-0.05, 0) is 61.9 Å². The van der Waals surface area contributed by atoms with Crippen LogP contribution in [-0.2, 0) is 14.3 Å². The molecule has 0 saturated heterocycles. The number of nitrogens with one attached hydrogen (secondary N) is 2. The van der Waals surface area contributed by atoms with E-state index in [1.165, 1.54) is 12.1 Å². The number of nitrogens with zero attached hydrogens (tertiary/aromatic N) is 1. The summed E-state index contributed by atoms with van der Waals surface area (Å²) in [6.07, 6.45) is 0. The van der Waals surface area contributed by atoms with E-state index < -0.39 is 23.7 Å². The first-order valence-corrected chi connectivity index (χ1v) is 11.5. The average molecular weight is 504 g/mol. The molecule has 1 aliphatic rings. The van der Waals surface area contributed by atoms with Crippen molar-refractivity contribution in [2.75, 3.05) is 22.1 Å². The summed E-state index contributed by atoms with van der Waals surface area (Å²) in [5.74, 6) is -2.14. The third-order valence-corrected chi connectivity index (χ3v) is 5.76. The Kier molecular flexibility index (Phi) is 7.17. The highest BCUT2D eigenvalue weighted by atomic mass is 35.5. The summed E-state index contributed by atoms with van der Waals surface area (Å²) in [6, 6.07) is 19.8. The Bertz CT molecular complexity index is 1420. The molecule has 1 aliphatic heterocycles. The molecule has 182 valence electrons. The normalized spacial score (nSPS) is 13.1. The molecular formula is C27H22ClN3O5. The number of hydrogen-bond donors (Lipinski definition) is 2. The average Bonchev–Trinajstić information content (AvgIpc) is 3.08. The van der Waals surface area contributed by atoms with Gasteiger partial charge >= 0.3 is 5.97 Å². The van der Waals surface area contributed by atoms with Gasteiger partial charge in [0.05, 0.1) is 17.9 Å². The predicted molar refractivity (Wildman–Crippen MR) is 137 cm³/mol. The second-order valence-electron chi connectivity index (χ2n) is 7.88. The Morgan fingerprint density at radius 3 is 2.28 bits per heavy atom. The van der Waals surface area contributed by atoms with Gasteiger partial charge in [0, 0.05) is 16.9 Å². The molecule has 0 radical (unpaired) electrons. The number of benzene rings is 3. The van der Waals surface area contributed by atoms with Crippen molar-refractivity contribution in [2.45, 2.75) is 13.8 Å². The smallest absolute Gasteiger partial charge is 0.338 e. The molecule has 36 heavy (non-hydrogen) atoms. The van der Waals surface area contributed by atoms with Gasteiger partial charge in [0.15, 0.2) is 0 Å². The maximum absolute atomic E-state index is 13.1. The monoisotopic (exact) mass is 503 g/mol. The van der Waals surface area contributed by atoms with Crippen molar-refractivity contribution in [3.05, 3.63) is 100 Å². The first-order valence-electron chi connectivity index (χ1n) is 11.1. The summed E-state index contributed by atoms with van der Waals surface area (Å²) < 4.78 is 4.99. The van der Waals surface area contributed by atoms with Crippen LogP contribution >= 0.6 is 11.6 Å². The molecule has 1 heterocycles. The van der Waals surface area contributed by atoms with E-state index in [1.54, 1.807) is 68.4 Å². The highest BCUT2D eigenvalue weighted by molar-refractivity contribution is 6.53. The van der Waals surface area contributed by atoms with Gasteiger partial charge in [0.1, 0.15) is 10.7 Å². The summed E-state index contributed by atoms with van der Waals surface area (Å²) in [4.78, 5) is 51.6. The molecule has 9 heteroatoms. The topological polar surface area (TPSA) is 105 Å². The standard InChI is InChI=1S/C27H22ClN3O5/c1-3-36-27(35)18-10-7-12-20(15-18)30-24(32)17-9-6-11-19(14-17)29-23-22(28)25(33)31(26(23)34)21-13-5-4-8-16(21)2/h4-15,29H,3H2,1-2H3,(H,30,32). The first kappa shape index (κ1) is 24.7. The van der Waals surface area contributed by atoms with Gasteiger partial charge in [0.25, 0.3) is 17.7 Å². The quantitative estimate of drug-likeness (QED) is 0.352. The van der Waals surface area contributed by atoms with E-state index >= 15 is 0 Å². The van der Waals surface area contributed by atoms with Gasteiger partial charge < -0.3 is 15.4 Å². The Morgan fingerprint density at radius 2 is 1.56 bits per heavy atom. The molecule has 0 atom stereocenters. The maximum Gasteiger partial charge on any atom is 0.338 e. The molecule has 0 saturated carbocycles. The number of halogens is 1. The Balaban J connectivity index is 1.51. The van der Waals surface area contributed by atoms with E-state index in [0.29, 0.717) is 22.6 Å². The molecule has 0 spiro atoms. The van der Waals surface area contributed by atoms with Gasteiger partial charge in [-0.3, -0.25) is 14.4 Å². The fourth-order valence-electron chi connectivity index (χ4n) is 3.67. The summed E-state index contributed by atoms with van der Waals surface area (Å²) in [7, 11) is 0. The second kappa shape index (κ2) is 10.5. The number of esters is 1. The van der Waals surface area contributed by atoms with Crippen molar-refractivity contribution in [1.82, 2.24) is 0 Å². The maximum atomic E-state index is 13.1. The largest absolute Gasteiger partial charge is 0.462 e. The lowest BCUT2D eigenvalue weighted by molar-refractivity contribution is -0.120.